The molecule has 0 aliphatic carbocycles. The zero-order valence-electron chi connectivity index (χ0n) is 14.0. The summed E-state index contributed by atoms with van der Waals surface area (Å²) >= 11 is 0. The van der Waals surface area contributed by atoms with Crippen molar-refractivity contribution in [1.29, 1.82) is 0 Å². The van der Waals surface area contributed by atoms with E-state index >= 15 is 0 Å². The van der Waals surface area contributed by atoms with E-state index in [1.54, 1.807) is 4.68 Å². The third-order valence-corrected chi connectivity index (χ3v) is 3.14. The highest BCUT2D eigenvalue weighted by Gasteiger charge is 2.16. The lowest BCUT2D eigenvalue weighted by Crippen LogP contribution is -2.26. The lowest BCUT2D eigenvalue weighted by atomic mass is 10.2. The molecule has 23 heavy (non-hydrogen) atoms. The molecule has 0 amide bonds. The van der Waals surface area contributed by atoms with Crippen LogP contribution in [0.2, 0.25) is 0 Å². The van der Waals surface area contributed by atoms with Crippen molar-refractivity contribution in [3.63, 3.8) is 0 Å². The highest BCUT2D eigenvalue weighted by Crippen LogP contribution is 2.10. The Hall–Kier alpha value is -1.83. The highest BCUT2D eigenvalue weighted by atomic mass is 16.5. The molecule has 0 saturated heterocycles. The summed E-state index contributed by atoms with van der Waals surface area (Å²) in [4.78, 5) is 0. The molecule has 2 rings (SSSR count). The fourth-order valence-electron chi connectivity index (χ4n) is 2.03. The molecule has 1 aromatic heterocycles. The molecule has 7 heteroatoms. The smallest absolute Gasteiger partial charge is 0.170 e. The van der Waals surface area contributed by atoms with E-state index in [-0.39, 0.29) is 11.6 Å². The Balaban J connectivity index is 1.80. The van der Waals surface area contributed by atoms with Gasteiger partial charge in [-0.25, -0.2) is 4.68 Å². The van der Waals surface area contributed by atoms with E-state index in [0.717, 1.165) is 5.56 Å². The summed E-state index contributed by atoms with van der Waals surface area (Å²) in [6, 6.07) is 9.59. The molecule has 0 saturated carbocycles. The molecule has 0 aliphatic heterocycles. The molecule has 0 radical (unpaired) electrons. The average Bonchev–Trinajstić information content (AvgIpc) is 2.95. The molecule has 0 bridgehead atoms. The van der Waals surface area contributed by atoms with Crippen LogP contribution in [0.15, 0.2) is 30.3 Å². The van der Waals surface area contributed by atoms with Crippen molar-refractivity contribution in [1.82, 2.24) is 20.2 Å². The van der Waals surface area contributed by atoms with Gasteiger partial charge >= 0.3 is 0 Å². The Labute approximate surface area is 136 Å². The lowest BCUT2D eigenvalue weighted by Gasteiger charge is -2.19. The molecule has 0 aliphatic rings. The summed E-state index contributed by atoms with van der Waals surface area (Å²) in [6.07, 6.45) is 0. The molecule has 1 atom stereocenters. The van der Waals surface area contributed by atoms with Gasteiger partial charge in [-0.05, 0) is 36.8 Å². The number of tetrazole rings is 1. The Morgan fingerprint density at radius 2 is 1.96 bits per heavy atom. The van der Waals surface area contributed by atoms with Gasteiger partial charge in [-0.15, -0.1) is 5.10 Å². The minimum atomic E-state index is -0.372. The van der Waals surface area contributed by atoms with Crippen LogP contribution in [0.4, 0.5) is 0 Å². The van der Waals surface area contributed by atoms with Crippen LogP contribution in [0.25, 0.3) is 0 Å². The standard InChI is InChI=1S/C16H25N5O2/c1-16(2,3)23-10-9-21-15(18-19-20-21)14(17)12-22-11-13-7-5-4-6-8-13/h4-8,14H,9-12,17H2,1-3H3/t14-/m1/s1. The van der Waals surface area contributed by atoms with Crippen molar-refractivity contribution in [2.24, 2.45) is 5.73 Å². The molecule has 1 aromatic carbocycles. The number of ether oxygens (including phenoxy) is 2. The topological polar surface area (TPSA) is 88.1 Å². The number of hydrogen-bond donors (Lipinski definition) is 1. The minimum Gasteiger partial charge on any atom is -0.375 e. The second kappa shape index (κ2) is 8.14. The van der Waals surface area contributed by atoms with Crippen molar-refractivity contribution in [3.05, 3.63) is 41.7 Å². The van der Waals surface area contributed by atoms with Gasteiger partial charge in [0.25, 0.3) is 0 Å². The average molecular weight is 319 g/mol. The molecule has 7 nitrogen and oxygen atoms in total. The first-order chi connectivity index (χ1) is 11.0. The molecule has 126 valence electrons. The van der Waals surface area contributed by atoms with Crippen LogP contribution >= 0.6 is 0 Å². The first-order valence-electron chi connectivity index (χ1n) is 7.73. The number of aromatic nitrogens is 4. The third kappa shape index (κ3) is 6.05. The number of nitrogens with two attached hydrogens (primary N) is 1. The first-order valence-corrected chi connectivity index (χ1v) is 7.73. The van der Waals surface area contributed by atoms with E-state index in [9.17, 15) is 0 Å². The zero-order chi connectivity index (χ0) is 16.7. The molecule has 0 spiro atoms. The summed E-state index contributed by atoms with van der Waals surface area (Å²) in [6.45, 7) is 7.99. The highest BCUT2D eigenvalue weighted by molar-refractivity contribution is 5.13. The molecule has 0 fully saturated rings. The lowest BCUT2D eigenvalue weighted by molar-refractivity contribution is -0.00861. The molecular formula is C16H25N5O2. The molecule has 1 heterocycles. The quantitative estimate of drug-likeness (QED) is 0.797. The van der Waals surface area contributed by atoms with E-state index in [1.165, 1.54) is 0 Å². The van der Waals surface area contributed by atoms with Gasteiger partial charge < -0.3 is 15.2 Å². The second-order valence-electron chi connectivity index (χ2n) is 6.33. The van der Waals surface area contributed by atoms with Crippen LogP contribution in [0, 0.1) is 0 Å². The fourth-order valence-corrected chi connectivity index (χ4v) is 2.03. The van der Waals surface area contributed by atoms with Gasteiger partial charge in [-0.2, -0.15) is 0 Å². The van der Waals surface area contributed by atoms with Crippen LogP contribution in [0.5, 0.6) is 0 Å². The Kier molecular flexibility index (Phi) is 6.20. The summed E-state index contributed by atoms with van der Waals surface area (Å²) in [5, 5.41) is 11.7. The van der Waals surface area contributed by atoms with Crippen LogP contribution < -0.4 is 5.73 Å². The molecule has 2 N–H and O–H groups in total. The van der Waals surface area contributed by atoms with Crippen molar-refractivity contribution in [2.45, 2.75) is 45.6 Å². The fraction of sp³-hybridized carbons (Fsp3) is 0.562. The summed E-state index contributed by atoms with van der Waals surface area (Å²) in [5.41, 5.74) is 7.06. The van der Waals surface area contributed by atoms with Gasteiger partial charge in [-0.1, -0.05) is 30.3 Å². The third-order valence-electron chi connectivity index (χ3n) is 3.14. The van der Waals surface area contributed by atoms with Crippen LogP contribution in [-0.4, -0.2) is 39.0 Å². The molecule has 0 unspecified atom stereocenters. The van der Waals surface area contributed by atoms with Gasteiger partial charge in [0.1, 0.15) is 0 Å². The Bertz CT molecular complexity index is 580. The van der Waals surface area contributed by atoms with Crippen LogP contribution in [-0.2, 0) is 22.6 Å². The Morgan fingerprint density at radius 3 is 2.65 bits per heavy atom. The largest absolute Gasteiger partial charge is 0.375 e. The van der Waals surface area contributed by atoms with E-state index in [0.29, 0.717) is 32.2 Å². The maximum absolute atomic E-state index is 6.13. The second-order valence-corrected chi connectivity index (χ2v) is 6.33. The number of benzene rings is 1. The first kappa shape index (κ1) is 17.5. The van der Waals surface area contributed by atoms with Crippen LogP contribution in [0.1, 0.15) is 38.2 Å². The van der Waals surface area contributed by atoms with Gasteiger partial charge in [0.2, 0.25) is 0 Å². The van der Waals surface area contributed by atoms with Gasteiger partial charge in [0, 0.05) is 0 Å². The Morgan fingerprint density at radius 1 is 1.22 bits per heavy atom. The predicted octanol–water partition coefficient (Wildman–Crippen LogP) is 1.70. The van der Waals surface area contributed by atoms with Crippen LogP contribution in [0.3, 0.4) is 0 Å². The van der Waals surface area contributed by atoms with E-state index in [2.05, 4.69) is 15.5 Å². The number of rotatable bonds is 8. The minimum absolute atomic E-state index is 0.185. The molecule has 2 aromatic rings. The van der Waals surface area contributed by atoms with E-state index < -0.39 is 0 Å². The summed E-state index contributed by atoms with van der Waals surface area (Å²) in [5.74, 6) is 0.607. The summed E-state index contributed by atoms with van der Waals surface area (Å²) in [7, 11) is 0. The van der Waals surface area contributed by atoms with Gasteiger partial charge in [-0.3, -0.25) is 0 Å². The van der Waals surface area contributed by atoms with Crippen molar-refractivity contribution >= 4 is 0 Å². The predicted molar refractivity (Wildman–Crippen MR) is 86.5 cm³/mol. The van der Waals surface area contributed by atoms with E-state index in [4.69, 9.17) is 15.2 Å². The maximum Gasteiger partial charge on any atom is 0.170 e. The SMILES string of the molecule is CC(C)(C)OCCn1nnnc1[C@H](N)COCc1ccccc1. The van der Waals surface area contributed by atoms with Gasteiger partial charge in [0.05, 0.1) is 38.0 Å². The van der Waals surface area contributed by atoms with Crippen molar-refractivity contribution < 1.29 is 9.47 Å². The van der Waals surface area contributed by atoms with Crippen molar-refractivity contribution in [2.75, 3.05) is 13.2 Å². The zero-order valence-corrected chi connectivity index (χ0v) is 14.0. The molecular weight excluding hydrogens is 294 g/mol. The summed E-state index contributed by atoms with van der Waals surface area (Å²) < 4.78 is 13.0. The normalized spacial score (nSPS) is 13.2. The maximum atomic E-state index is 6.13. The van der Waals surface area contributed by atoms with Gasteiger partial charge in [0.15, 0.2) is 5.82 Å². The number of nitrogens with zero attached hydrogens (tertiary/aromatic N) is 4. The van der Waals surface area contributed by atoms with Crippen molar-refractivity contribution in [3.8, 4) is 0 Å². The monoisotopic (exact) mass is 319 g/mol. The van der Waals surface area contributed by atoms with E-state index in [1.807, 2.05) is 51.1 Å². The number of hydrogen-bond acceptors (Lipinski definition) is 6.